The molecule has 0 heterocycles. The molecule has 1 aromatic carbocycles. The van der Waals surface area contributed by atoms with Crippen molar-refractivity contribution >= 4 is 11.9 Å². The van der Waals surface area contributed by atoms with E-state index in [1.54, 1.807) is 0 Å². The maximum atomic E-state index is 13.5. The Morgan fingerprint density at radius 1 is 1.18 bits per heavy atom. The summed E-state index contributed by atoms with van der Waals surface area (Å²) in [7, 11) is 0. The summed E-state index contributed by atoms with van der Waals surface area (Å²) < 4.78 is 26.9. The Morgan fingerprint density at radius 2 is 1.82 bits per heavy atom. The zero-order valence-electron chi connectivity index (χ0n) is 12.6. The van der Waals surface area contributed by atoms with Gasteiger partial charge in [-0.25, -0.2) is 13.6 Å². The highest BCUT2D eigenvalue weighted by molar-refractivity contribution is 5.84. The third kappa shape index (κ3) is 5.79. The summed E-state index contributed by atoms with van der Waals surface area (Å²) in [5, 5.41) is 11.4. The molecule has 0 aliphatic heterocycles. The Hall–Kier alpha value is -1.98. The molecule has 0 radical (unpaired) electrons. The van der Waals surface area contributed by atoms with Gasteiger partial charge in [0.15, 0.2) is 0 Å². The standard InChI is InChI=1S/C16H21F2NO3/c1-2-3-4-5-9-14(16(21)22)19-15(20)10-11-12(17)7-6-8-13(11)18/h6-8,14H,2-5,9-10H2,1H3,(H,19,20)(H,21,22)/t14-/m0/s1. The topological polar surface area (TPSA) is 66.4 Å². The van der Waals surface area contributed by atoms with E-state index in [2.05, 4.69) is 5.32 Å². The van der Waals surface area contributed by atoms with Gasteiger partial charge in [-0.1, -0.05) is 38.7 Å². The largest absolute Gasteiger partial charge is 0.480 e. The lowest BCUT2D eigenvalue weighted by atomic mass is 10.1. The third-order valence-corrected chi connectivity index (χ3v) is 3.38. The first-order chi connectivity index (χ1) is 10.5. The number of hydrogen-bond acceptors (Lipinski definition) is 2. The number of carbonyl (C=O) groups excluding carboxylic acids is 1. The zero-order chi connectivity index (χ0) is 16.5. The van der Waals surface area contributed by atoms with Gasteiger partial charge < -0.3 is 10.4 Å². The molecule has 1 amide bonds. The van der Waals surface area contributed by atoms with Crippen LogP contribution in [0.25, 0.3) is 0 Å². The van der Waals surface area contributed by atoms with Crippen LogP contribution in [-0.2, 0) is 16.0 Å². The van der Waals surface area contributed by atoms with E-state index < -0.39 is 36.0 Å². The van der Waals surface area contributed by atoms with E-state index in [0.29, 0.717) is 12.8 Å². The van der Waals surface area contributed by atoms with E-state index >= 15 is 0 Å². The molecule has 0 saturated carbocycles. The Bertz CT molecular complexity index is 500. The van der Waals surface area contributed by atoms with Gasteiger partial charge in [-0.15, -0.1) is 0 Å². The van der Waals surface area contributed by atoms with Gasteiger partial charge in [-0.3, -0.25) is 4.79 Å². The summed E-state index contributed by atoms with van der Waals surface area (Å²) in [6, 6.07) is 2.30. The summed E-state index contributed by atoms with van der Waals surface area (Å²) in [5.74, 6) is -3.47. The molecule has 22 heavy (non-hydrogen) atoms. The van der Waals surface area contributed by atoms with E-state index in [1.165, 1.54) is 6.07 Å². The van der Waals surface area contributed by atoms with E-state index in [1.807, 2.05) is 6.92 Å². The molecule has 122 valence electrons. The molecule has 0 aliphatic carbocycles. The van der Waals surface area contributed by atoms with Gasteiger partial charge in [0.1, 0.15) is 17.7 Å². The molecule has 1 atom stereocenters. The minimum absolute atomic E-state index is 0.306. The third-order valence-electron chi connectivity index (χ3n) is 3.38. The van der Waals surface area contributed by atoms with Crippen LogP contribution < -0.4 is 5.32 Å². The Balaban J connectivity index is 2.58. The van der Waals surface area contributed by atoms with Crippen LogP contribution in [0.15, 0.2) is 18.2 Å². The molecule has 0 aliphatic rings. The molecule has 0 unspecified atom stereocenters. The molecular formula is C16H21F2NO3. The van der Waals surface area contributed by atoms with Crippen LogP contribution in [0, 0.1) is 11.6 Å². The average molecular weight is 313 g/mol. The van der Waals surface area contributed by atoms with Crippen LogP contribution in [-0.4, -0.2) is 23.0 Å². The van der Waals surface area contributed by atoms with Crippen molar-refractivity contribution in [1.82, 2.24) is 5.32 Å². The number of hydrogen-bond donors (Lipinski definition) is 2. The fourth-order valence-electron chi connectivity index (χ4n) is 2.14. The van der Waals surface area contributed by atoms with Crippen molar-refractivity contribution in [3.05, 3.63) is 35.4 Å². The minimum atomic E-state index is -1.14. The maximum Gasteiger partial charge on any atom is 0.326 e. The number of rotatable bonds is 9. The quantitative estimate of drug-likeness (QED) is 0.689. The van der Waals surface area contributed by atoms with Crippen LogP contribution in [0.2, 0.25) is 0 Å². The lowest BCUT2D eigenvalue weighted by molar-refractivity contribution is -0.142. The van der Waals surface area contributed by atoms with Gasteiger partial charge in [-0.2, -0.15) is 0 Å². The summed E-state index contributed by atoms with van der Waals surface area (Å²) in [4.78, 5) is 22.9. The van der Waals surface area contributed by atoms with Crippen LogP contribution in [0.3, 0.4) is 0 Å². The second-order valence-electron chi connectivity index (χ2n) is 5.18. The second kappa shape index (κ2) is 9.12. The SMILES string of the molecule is CCCCCC[C@H](NC(=O)Cc1c(F)cccc1F)C(=O)O. The van der Waals surface area contributed by atoms with Crippen LogP contribution in [0.5, 0.6) is 0 Å². The number of carboxylic acid groups (broad SMARTS) is 1. The summed E-state index contributed by atoms with van der Waals surface area (Å²) in [6.45, 7) is 2.04. The first-order valence-corrected chi connectivity index (χ1v) is 7.40. The molecule has 0 fully saturated rings. The number of nitrogens with one attached hydrogen (secondary N) is 1. The summed E-state index contributed by atoms with van der Waals surface area (Å²) in [5.41, 5.74) is -0.352. The number of halogens is 2. The van der Waals surface area contributed by atoms with Crippen molar-refractivity contribution in [1.29, 1.82) is 0 Å². The molecule has 6 heteroatoms. The molecule has 0 aromatic heterocycles. The number of carbonyl (C=O) groups is 2. The molecular weight excluding hydrogens is 292 g/mol. The lowest BCUT2D eigenvalue weighted by Gasteiger charge is -2.14. The highest BCUT2D eigenvalue weighted by Gasteiger charge is 2.21. The molecule has 0 spiro atoms. The second-order valence-corrected chi connectivity index (χ2v) is 5.18. The molecule has 2 N–H and O–H groups in total. The van der Waals surface area contributed by atoms with Gasteiger partial charge in [0.25, 0.3) is 0 Å². The number of carboxylic acids is 1. The van der Waals surface area contributed by atoms with E-state index in [-0.39, 0.29) is 5.56 Å². The average Bonchev–Trinajstić information content (AvgIpc) is 2.46. The monoisotopic (exact) mass is 313 g/mol. The highest BCUT2D eigenvalue weighted by atomic mass is 19.1. The van der Waals surface area contributed by atoms with Gasteiger partial charge in [0.2, 0.25) is 5.91 Å². The molecule has 1 rings (SSSR count). The predicted octanol–water partition coefficient (Wildman–Crippen LogP) is 3.05. The van der Waals surface area contributed by atoms with Crippen molar-refractivity contribution in [2.75, 3.05) is 0 Å². The fraction of sp³-hybridized carbons (Fsp3) is 0.500. The molecule has 1 aromatic rings. The fourth-order valence-corrected chi connectivity index (χ4v) is 2.14. The van der Waals surface area contributed by atoms with Gasteiger partial charge in [-0.05, 0) is 18.6 Å². The number of benzene rings is 1. The normalized spacial score (nSPS) is 12.0. The number of unbranched alkanes of at least 4 members (excludes halogenated alkanes) is 3. The first-order valence-electron chi connectivity index (χ1n) is 7.40. The van der Waals surface area contributed by atoms with Gasteiger partial charge in [0.05, 0.1) is 6.42 Å². The minimum Gasteiger partial charge on any atom is -0.480 e. The van der Waals surface area contributed by atoms with Gasteiger partial charge >= 0.3 is 5.97 Å². The molecule has 0 saturated heterocycles. The van der Waals surface area contributed by atoms with E-state index in [9.17, 15) is 18.4 Å². The number of aliphatic carboxylic acids is 1. The van der Waals surface area contributed by atoms with Crippen molar-refractivity contribution < 1.29 is 23.5 Å². The Labute approximate surface area is 128 Å². The van der Waals surface area contributed by atoms with Crippen molar-refractivity contribution in [3.8, 4) is 0 Å². The number of amides is 1. The van der Waals surface area contributed by atoms with Gasteiger partial charge in [0, 0.05) is 5.56 Å². The Kier molecular flexibility index (Phi) is 7.49. The predicted molar refractivity (Wildman–Crippen MR) is 78.4 cm³/mol. The van der Waals surface area contributed by atoms with Crippen LogP contribution >= 0.6 is 0 Å². The zero-order valence-corrected chi connectivity index (χ0v) is 12.6. The molecule has 4 nitrogen and oxygen atoms in total. The molecule has 0 bridgehead atoms. The van der Waals surface area contributed by atoms with Crippen molar-refractivity contribution in [2.24, 2.45) is 0 Å². The van der Waals surface area contributed by atoms with Crippen molar-refractivity contribution in [3.63, 3.8) is 0 Å². The summed E-state index contributed by atoms with van der Waals surface area (Å²) in [6.07, 6.45) is 3.38. The smallest absolute Gasteiger partial charge is 0.326 e. The Morgan fingerprint density at radius 3 is 2.36 bits per heavy atom. The van der Waals surface area contributed by atoms with Crippen molar-refractivity contribution in [2.45, 2.75) is 51.5 Å². The highest BCUT2D eigenvalue weighted by Crippen LogP contribution is 2.13. The maximum absolute atomic E-state index is 13.5. The van der Waals surface area contributed by atoms with Crippen LogP contribution in [0.4, 0.5) is 8.78 Å². The first kappa shape index (κ1) is 18.1. The van der Waals surface area contributed by atoms with E-state index in [0.717, 1.165) is 31.4 Å². The van der Waals surface area contributed by atoms with E-state index in [4.69, 9.17) is 5.11 Å². The lowest BCUT2D eigenvalue weighted by Crippen LogP contribution is -2.41. The summed E-state index contributed by atoms with van der Waals surface area (Å²) >= 11 is 0. The van der Waals surface area contributed by atoms with Crippen LogP contribution in [0.1, 0.15) is 44.6 Å².